The fourth-order valence-corrected chi connectivity index (χ4v) is 11.1. The highest BCUT2D eigenvalue weighted by atomic mass is 16.7. The van der Waals surface area contributed by atoms with E-state index in [0.29, 0.717) is 23.2 Å². The maximum atomic E-state index is 10.7. The molecule has 43 heavy (non-hydrogen) atoms. The Kier molecular flexibility index (Phi) is 9.22. The molecule has 1 heterocycles. The van der Waals surface area contributed by atoms with Gasteiger partial charge < -0.3 is 29.9 Å². The van der Waals surface area contributed by atoms with Gasteiger partial charge in [0.25, 0.3) is 0 Å². The fourth-order valence-electron chi connectivity index (χ4n) is 11.1. The highest BCUT2D eigenvalue weighted by Gasteiger charge is 2.63. The number of hydrogen-bond donors (Lipinski definition) is 4. The first-order valence-corrected chi connectivity index (χ1v) is 17.4. The first-order valence-electron chi connectivity index (χ1n) is 17.4. The lowest BCUT2D eigenvalue weighted by molar-refractivity contribution is -0.325. The first-order chi connectivity index (χ1) is 20.0. The summed E-state index contributed by atoms with van der Waals surface area (Å²) in [6.07, 6.45) is 5.35. The Morgan fingerprint density at radius 3 is 2.26 bits per heavy atom. The van der Waals surface area contributed by atoms with Crippen LogP contribution in [0.25, 0.3) is 0 Å². The predicted molar refractivity (Wildman–Crippen MR) is 170 cm³/mol. The van der Waals surface area contributed by atoms with Crippen molar-refractivity contribution >= 4 is 0 Å². The highest BCUT2D eigenvalue weighted by molar-refractivity contribution is 5.38. The number of ether oxygens (including phenoxy) is 2. The average molecular weight is 603 g/mol. The standard InChI is InChI=1S/C37H62O6/c1-21(2)22(3)10-11-23(4)24-14-18-37(9)26-12-13-28-34(5,6)29(16-17-35(28,7)25(26)15-19-36(24,37)8)43-33-32(41)31(40)30(39)27(20-38)42-33/h21,23-24,27-33,38-41H,3,10-20H2,1-2,4-9H3/t23-,24-,27-,28?,29+,30-,31+,32-,33+,35-,36-,37+/m1/s1. The summed E-state index contributed by atoms with van der Waals surface area (Å²) in [4.78, 5) is 0. The van der Waals surface area contributed by atoms with Crippen molar-refractivity contribution in [2.45, 2.75) is 156 Å². The molecule has 2 saturated carbocycles. The third-order valence-electron chi connectivity index (χ3n) is 14.3. The molecule has 0 aromatic carbocycles. The van der Waals surface area contributed by atoms with E-state index < -0.39 is 37.3 Å². The van der Waals surface area contributed by atoms with Gasteiger partial charge in [-0.1, -0.05) is 78.7 Å². The Hall–Kier alpha value is -0.760. The van der Waals surface area contributed by atoms with Crippen LogP contribution in [0.3, 0.4) is 0 Å². The van der Waals surface area contributed by atoms with Crippen LogP contribution in [0.4, 0.5) is 0 Å². The second kappa shape index (κ2) is 11.8. The molecule has 4 aliphatic carbocycles. The van der Waals surface area contributed by atoms with Crippen molar-refractivity contribution < 1.29 is 29.9 Å². The molecule has 3 fully saturated rings. The maximum Gasteiger partial charge on any atom is 0.186 e. The fraction of sp³-hybridized carbons (Fsp3) is 0.892. The second-order valence-corrected chi connectivity index (χ2v) is 16.9. The Morgan fingerprint density at radius 2 is 1.60 bits per heavy atom. The average Bonchev–Trinajstić information content (AvgIpc) is 3.24. The molecule has 246 valence electrons. The molecule has 0 aromatic heterocycles. The number of hydrogen-bond acceptors (Lipinski definition) is 6. The van der Waals surface area contributed by atoms with Gasteiger partial charge >= 0.3 is 0 Å². The minimum atomic E-state index is -1.42. The lowest BCUT2D eigenvalue weighted by atomic mass is 9.43. The highest BCUT2D eigenvalue weighted by Crippen LogP contribution is 2.72. The summed E-state index contributed by atoms with van der Waals surface area (Å²) in [5.74, 6) is 2.48. The summed E-state index contributed by atoms with van der Waals surface area (Å²) in [7, 11) is 0. The molecule has 0 bridgehead atoms. The third-order valence-corrected chi connectivity index (χ3v) is 14.3. The molecule has 0 aromatic rings. The molecule has 4 N–H and O–H groups in total. The van der Waals surface area contributed by atoms with Gasteiger partial charge in [0.1, 0.15) is 24.4 Å². The zero-order valence-corrected chi connectivity index (χ0v) is 28.4. The van der Waals surface area contributed by atoms with Crippen LogP contribution in [0.2, 0.25) is 0 Å². The van der Waals surface area contributed by atoms with Crippen LogP contribution in [-0.2, 0) is 9.47 Å². The smallest absolute Gasteiger partial charge is 0.186 e. The van der Waals surface area contributed by atoms with Gasteiger partial charge in [-0.25, -0.2) is 0 Å². The van der Waals surface area contributed by atoms with Crippen LogP contribution in [0, 0.1) is 45.3 Å². The van der Waals surface area contributed by atoms with E-state index in [1.807, 2.05) is 0 Å². The Bertz CT molecular complexity index is 1080. The normalized spacial score (nSPS) is 46.7. The first kappa shape index (κ1) is 33.6. The van der Waals surface area contributed by atoms with Crippen LogP contribution >= 0.6 is 0 Å². The van der Waals surface area contributed by atoms with E-state index in [2.05, 4.69) is 62.0 Å². The molecule has 5 rings (SSSR count). The van der Waals surface area contributed by atoms with Crippen molar-refractivity contribution in [1.82, 2.24) is 0 Å². The minimum absolute atomic E-state index is 0.120. The summed E-state index contributed by atoms with van der Waals surface area (Å²) in [5.41, 5.74) is 5.47. The largest absolute Gasteiger partial charge is 0.394 e. The van der Waals surface area contributed by atoms with Gasteiger partial charge in [0.15, 0.2) is 6.29 Å². The van der Waals surface area contributed by atoms with E-state index in [0.717, 1.165) is 38.0 Å². The SMILES string of the molecule is C=C(CC[C@@H](C)[C@H]1CC[C@@]2(C)C3=C(CC[C@]12C)[C@@]1(C)CC[C@H](O[C@@H]2O[C@H](CO)[C@@H](O)[C@H](O)[C@H]2O)C(C)(C)C1CC3)C(C)C. The third kappa shape index (κ3) is 5.23. The topological polar surface area (TPSA) is 99.4 Å². The summed E-state index contributed by atoms with van der Waals surface area (Å²) in [6.45, 7) is 23.4. The summed E-state index contributed by atoms with van der Waals surface area (Å²) < 4.78 is 12.2. The lowest BCUT2D eigenvalue weighted by Gasteiger charge is -2.63. The van der Waals surface area contributed by atoms with E-state index in [1.54, 1.807) is 11.1 Å². The molecule has 1 saturated heterocycles. The monoisotopic (exact) mass is 602 g/mol. The van der Waals surface area contributed by atoms with Gasteiger partial charge in [-0.05, 0) is 110 Å². The molecule has 0 amide bonds. The van der Waals surface area contributed by atoms with Crippen molar-refractivity contribution in [3.05, 3.63) is 23.3 Å². The van der Waals surface area contributed by atoms with Gasteiger partial charge in [-0.2, -0.15) is 0 Å². The van der Waals surface area contributed by atoms with Crippen LogP contribution in [0.15, 0.2) is 23.3 Å². The van der Waals surface area contributed by atoms with E-state index in [1.165, 1.54) is 37.7 Å². The zero-order valence-electron chi connectivity index (χ0n) is 28.4. The van der Waals surface area contributed by atoms with Gasteiger partial charge in [-0.3, -0.25) is 0 Å². The number of rotatable bonds is 8. The van der Waals surface area contributed by atoms with Crippen molar-refractivity contribution in [2.24, 2.45) is 45.3 Å². The van der Waals surface area contributed by atoms with E-state index in [-0.39, 0.29) is 22.3 Å². The van der Waals surface area contributed by atoms with Gasteiger partial charge in [0.2, 0.25) is 0 Å². The van der Waals surface area contributed by atoms with Gasteiger partial charge in [0, 0.05) is 0 Å². The van der Waals surface area contributed by atoms with Crippen molar-refractivity contribution in [3.8, 4) is 0 Å². The van der Waals surface area contributed by atoms with E-state index >= 15 is 0 Å². The number of aliphatic hydroxyl groups excluding tert-OH is 4. The number of allylic oxidation sites excluding steroid dienone is 3. The van der Waals surface area contributed by atoms with Crippen molar-refractivity contribution in [3.63, 3.8) is 0 Å². The van der Waals surface area contributed by atoms with E-state index in [4.69, 9.17) is 9.47 Å². The van der Waals surface area contributed by atoms with Gasteiger partial charge in [-0.15, -0.1) is 0 Å². The lowest BCUT2D eigenvalue weighted by Crippen LogP contribution is -2.61. The number of aliphatic hydroxyl groups is 4. The Morgan fingerprint density at radius 1 is 0.907 bits per heavy atom. The van der Waals surface area contributed by atoms with Gasteiger partial charge in [0.05, 0.1) is 12.7 Å². The van der Waals surface area contributed by atoms with Crippen molar-refractivity contribution in [2.75, 3.05) is 6.61 Å². The quantitative estimate of drug-likeness (QED) is 0.235. The molecule has 12 atom stereocenters. The molecule has 6 heteroatoms. The predicted octanol–water partition coefficient (Wildman–Crippen LogP) is 6.55. The minimum Gasteiger partial charge on any atom is -0.394 e. The second-order valence-electron chi connectivity index (χ2n) is 16.9. The van der Waals surface area contributed by atoms with Crippen LogP contribution in [-0.4, -0.2) is 63.8 Å². The molecule has 6 nitrogen and oxygen atoms in total. The number of fused-ring (bicyclic) bond motifs is 4. The van der Waals surface area contributed by atoms with Crippen molar-refractivity contribution in [1.29, 1.82) is 0 Å². The molecule has 0 radical (unpaired) electrons. The van der Waals surface area contributed by atoms with Crippen LogP contribution in [0.1, 0.15) is 120 Å². The Balaban J connectivity index is 1.35. The zero-order chi connectivity index (χ0) is 31.7. The van der Waals surface area contributed by atoms with Crippen LogP contribution in [0.5, 0.6) is 0 Å². The summed E-state index contributed by atoms with van der Waals surface area (Å²) >= 11 is 0. The van der Waals surface area contributed by atoms with Crippen LogP contribution < -0.4 is 0 Å². The molecule has 1 unspecified atom stereocenters. The maximum absolute atomic E-state index is 10.7. The van der Waals surface area contributed by atoms with E-state index in [9.17, 15) is 20.4 Å². The molecule has 5 aliphatic rings. The molecular formula is C37H62O6. The molecular weight excluding hydrogens is 540 g/mol. The summed E-state index contributed by atoms with van der Waals surface area (Å²) in [6, 6.07) is 0. The molecule has 1 aliphatic heterocycles. The molecule has 0 spiro atoms. The Labute approximate surface area is 261 Å². The summed E-state index contributed by atoms with van der Waals surface area (Å²) in [5, 5.41) is 41.0.